The van der Waals surface area contributed by atoms with E-state index in [9.17, 15) is 9.90 Å². The molecule has 5 rings (SSSR count). The average molecular weight is 500 g/mol. The van der Waals surface area contributed by atoms with Crippen LogP contribution < -0.4 is 10.1 Å². The Labute approximate surface area is 216 Å². The van der Waals surface area contributed by atoms with Crippen LogP contribution in [-0.4, -0.2) is 49.7 Å². The molecule has 2 atom stereocenters. The molecule has 1 aliphatic rings. The van der Waals surface area contributed by atoms with Gasteiger partial charge in [-0.25, -0.2) is 14.8 Å². The summed E-state index contributed by atoms with van der Waals surface area (Å²) in [6.45, 7) is 7.31. The summed E-state index contributed by atoms with van der Waals surface area (Å²) in [5, 5.41) is 13.1. The molecule has 4 aromatic rings. The molecule has 2 aromatic heterocycles. The Hall–Kier alpha value is -4.07. The lowest BCUT2D eigenvalue weighted by atomic mass is 9.79. The normalized spacial score (nSPS) is 18.1. The van der Waals surface area contributed by atoms with Gasteiger partial charge < -0.3 is 25.0 Å². The number of hydrogen-bond acceptors (Lipinski definition) is 5. The van der Waals surface area contributed by atoms with E-state index in [1.807, 2.05) is 66.7 Å². The first kappa shape index (κ1) is 24.6. The largest absolute Gasteiger partial charge is 0.489 e. The summed E-state index contributed by atoms with van der Waals surface area (Å²) in [5.74, 6) is 2.30. The van der Waals surface area contributed by atoms with Gasteiger partial charge in [-0.15, -0.1) is 0 Å². The summed E-state index contributed by atoms with van der Waals surface area (Å²) in [4.78, 5) is 26.1. The first-order chi connectivity index (χ1) is 17.8. The summed E-state index contributed by atoms with van der Waals surface area (Å²) < 4.78 is 5.89. The minimum absolute atomic E-state index is 0.0587. The number of nitrogens with one attached hydrogen (secondary N) is 2. The highest BCUT2D eigenvalue weighted by atomic mass is 16.5. The van der Waals surface area contributed by atoms with Crippen LogP contribution in [0.5, 0.6) is 5.75 Å². The smallest absolute Gasteiger partial charge is 0.407 e. The molecule has 2 aromatic carbocycles. The van der Waals surface area contributed by atoms with E-state index in [-0.39, 0.29) is 17.5 Å². The predicted octanol–water partition coefficient (Wildman–Crippen LogP) is 6.17. The number of pyridine rings is 1. The van der Waals surface area contributed by atoms with E-state index in [0.717, 1.165) is 46.9 Å². The Kier molecular flexibility index (Phi) is 6.74. The summed E-state index contributed by atoms with van der Waals surface area (Å²) in [6, 6.07) is 22.0. The molecule has 0 saturated carbocycles. The van der Waals surface area contributed by atoms with Gasteiger partial charge in [-0.3, -0.25) is 0 Å². The number of fused-ring (bicyclic) bond motifs is 1. The molecule has 0 radical (unpaired) electrons. The van der Waals surface area contributed by atoms with Crippen molar-refractivity contribution in [1.29, 1.82) is 0 Å². The Morgan fingerprint density at radius 3 is 2.54 bits per heavy atom. The number of likely N-dealkylation sites (tertiary alicyclic amines) is 1. The summed E-state index contributed by atoms with van der Waals surface area (Å²) in [6.07, 6.45) is 0.626. The van der Waals surface area contributed by atoms with Crippen LogP contribution in [0.4, 0.5) is 10.6 Å². The lowest BCUT2D eigenvalue weighted by molar-refractivity contribution is 0.0557. The van der Waals surface area contributed by atoms with Crippen LogP contribution in [-0.2, 0) is 6.61 Å². The van der Waals surface area contributed by atoms with E-state index in [1.165, 1.54) is 0 Å². The number of carbonyl (C=O) groups is 1. The predicted molar refractivity (Wildman–Crippen MR) is 145 cm³/mol. The maximum atomic E-state index is 11.7. The van der Waals surface area contributed by atoms with Crippen LogP contribution in [0.15, 0.2) is 66.7 Å². The van der Waals surface area contributed by atoms with Crippen LogP contribution in [0.3, 0.4) is 0 Å². The molecule has 2 unspecified atom stereocenters. The van der Waals surface area contributed by atoms with Crippen molar-refractivity contribution in [3.8, 4) is 17.1 Å². The van der Waals surface area contributed by atoms with Crippen LogP contribution in [0.2, 0.25) is 0 Å². The van der Waals surface area contributed by atoms with Gasteiger partial charge in [0.15, 0.2) is 5.65 Å². The van der Waals surface area contributed by atoms with Crippen molar-refractivity contribution in [3.63, 3.8) is 0 Å². The van der Waals surface area contributed by atoms with E-state index in [0.29, 0.717) is 18.8 Å². The van der Waals surface area contributed by atoms with Crippen molar-refractivity contribution in [1.82, 2.24) is 19.9 Å². The van der Waals surface area contributed by atoms with Crippen LogP contribution in [0.25, 0.3) is 22.6 Å². The standard InChI is InChI=1S/C29H33N5O3/c1-29(2,3)24-17-21(15-16-34(24)28(35)36)30-25-14-13-23-27(32-25)33-26(31-23)20-9-11-22(12-10-20)37-18-19-7-5-4-6-8-19/h4-14,21,24H,15-18H2,1-3H3,(H,35,36)(H2,30,31,32,33). The number of aromatic amines is 1. The monoisotopic (exact) mass is 499 g/mol. The molecular formula is C29H33N5O3. The minimum atomic E-state index is -0.849. The highest BCUT2D eigenvalue weighted by Crippen LogP contribution is 2.33. The van der Waals surface area contributed by atoms with E-state index in [4.69, 9.17) is 14.7 Å². The molecule has 8 nitrogen and oxygen atoms in total. The summed E-state index contributed by atoms with van der Waals surface area (Å²) in [7, 11) is 0. The Morgan fingerprint density at radius 2 is 1.84 bits per heavy atom. The first-order valence-electron chi connectivity index (χ1n) is 12.7. The third kappa shape index (κ3) is 5.69. The van der Waals surface area contributed by atoms with Gasteiger partial charge in [0, 0.05) is 24.2 Å². The second kappa shape index (κ2) is 10.1. The van der Waals surface area contributed by atoms with Crippen LogP contribution in [0.1, 0.15) is 39.2 Å². The van der Waals surface area contributed by atoms with Crippen molar-refractivity contribution in [2.24, 2.45) is 5.41 Å². The minimum Gasteiger partial charge on any atom is -0.489 e. The number of anilines is 1. The number of hydrogen-bond donors (Lipinski definition) is 3. The summed E-state index contributed by atoms with van der Waals surface area (Å²) >= 11 is 0. The molecule has 192 valence electrons. The quantitative estimate of drug-likeness (QED) is 0.293. The van der Waals surface area contributed by atoms with E-state index in [1.54, 1.807) is 4.90 Å². The average Bonchev–Trinajstić information content (AvgIpc) is 3.31. The molecular weight excluding hydrogens is 466 g/mol. The second-order valence-corrected chi connectivity index (χ2v) is 10.7. The zero-order chi connectivity index (χ0) is 26.0. The number of rotatable bonds is 6. The maximum Gasteiger partial charge on any atom is 0.407 e. The topological polar surface area (TPSA) is 103 Å². The molecule has 3 N–H and O–H groups in total. The van der Waals surface area contributed by atoms with E-state index < -0.39 is 6.09 Å². The molecule has 8 heteroatoms. The lowest BCUT2D eigenvalue weighted by Crippen LogP contribution is -2.54. The summed E-state index contributed by atoms with van der Waals surface area (Å²) in [5.41, 5.74) is 3.43. The molecule has 3 heterocycles. The molecule has 0 aliphatic carbocycles. The highest BCUT2D eigenvalue weighted by Gasteiger charge is 2.38. The number of H-pyrrole nitrogens is 1. The van der Waals surface area contributed by atoms with Gasteiger partial charge in [0.1, 0.15) is 24.0 Å². The van der Waals surface area contributed by atoms with Gasteiger partial charge in [0.05, 0.1) is 5.52 Å². The molecule has 0 bridgehead atoms. The molecule has 1 aliphatic heterocycles. The number of carboxylic acid groups (broad SMARTS) is 1. The van der Waals surface area contributed by atoms with Gasteiger partial charge in [-0.05, 0) is 60.2 Å². The molecule has 1 fully saturated rings. The Balaban J connectivity index is 1.26. The molecule has 1 amide bonds. The third-order valence-corrected chi connectivity index (χ3v) is 6.92. The number of nitrogens with zero attached hydrogens (tertiary/aromatic N) is 3. The Morgan fingerprint density at radius 1 is 1.08 bits per heavy atom. The maximum absolute atomic E-state index is 11.7. The lowest BCUT2D eigenvalue weighted by Gasteiger charge is -2.44. The molecule has 1 saturated heterocycles. The number of ether oxygens (including phenoxy) is 1. The van der Waals surface area contributed by atoms with Gasteiger partial charge in [0.2, 0.25) is 0 Å². The van der Waals surface area contributed by atoms with Crippen LogP contribution >= 0.6 is 0 Å². The van der Waals surface area contributed by atoms with Crippen molar-refractivity contribution >= 4 is 23.1 Å². The van der Waals surface area contributed by atoms with E-state index >= 15 is 0 Å². The van der Waals surface area contributed by atoms with Crippen molar-refractivity contribution in [2.75, 3.05) is 11.9 Å². The second-order valence-electron chi connectivity index (χ2n) is 10.7. The number of imidazole rings is 1. The van der Waals surface area contributed by atoms with Gasteiger partial charge in [-0.1, -0.05) is 51.1 Å². The zero-order valence-electron chi connectivity index (χ0n) is 21.4. The fourth-order valence-electron chi connectivity index (χ4n) is 4.92. The number of piperidine rings is 1. The van der Waals surface area contributed by atoms with Crippen molar-refractivity contribution < 1.29 is 14.6 Å². The highest BCUT2D eigenvalue weighted by molar-refractivity contribution is 5.77. The molecule has 0 spiro atoms. The number of amides is 1. The van der Waals surface area contributed by atoms with Gasteiger partial charge in [0.25, 0.3) is 0 Å². The van der Waals surface area contributed by atoms with Gasteiger partial charge in [-0.2, -0.15) is 0 Å². The molecule has 37 heavy (non-hydrogen) atoms. The number of aromatic nitrogens is 3. The van der Waals surface area contributed by atoms with E-state index in [2.05, 4.69) is 31.1 Å². The zero-order valence-corrected chi connectivity index (χ0v) is 21.4. The Bertz CT molecular complexity index is 1360. The third-order valence-electron chi connectivity index (χ3n) is 6.92. The van der Waals surface area contributed by atoms with Crippen molar-refractivity contribution in [2.45, 2.75) is 52.3 Å². The van der Waals surface area contributed by atoms with Gasteiger partial charge >= 0.3 is 6.09 Å². The SMILES string of the molecule is CC(C)(C)C1CC(Nc2ccc3[nH]c(-c4ccc(OCc5ccccc5)cc4)nc3n2)CCN1C(=O)O. The number of benzene rings is 2. The van der Waals surface area contributed by atoms with Crippen molar-refractivity contribution in [3.05, 3.63) is 72.3 Å². The van der Waals surface area contributed by atoms with Crippen LogP contribution in [0, 0.1) is 5.41 Å². The fraction of sp³-hybridized carbons (Fsp3) is 0.345. The fourth-order valence-corrected chi connectivity index (χ4v) is 4.92. The first-order valence-corrected chi connectivity index (χ1v) is 12.7.